The molecule has 5 N–H and O–H groups in total. The minimum Gasteiger partial charge on any atom is -0.480 e. The quantitative estimate of drug-likeness (QED) is 0.186. The molecule has 11 nitrogen and oxygen atoms in total. The Hall–Kier alpha value is -5.19. The van der Waals surface area contributed by atoms with Crippen molar-refractivity contribution in [2.75, 3.05) is 19.7 Å². The Morgan fingerprint density at radius 1 is 0.733 bits per heavy atom. The molecule has 4 amide bonds. The van der Waals surface area contributed by atoms with Crippen molar-refractivity contribution in [3.63, 3.8) is 0 Å². The summed E-state index contributed by atoms with van der Waals surface area (Å²) in [7, 11) is 0. The fraction of sp³-hybridized carbons (Fsp3) is 0.324. The second-order valence-electron chi connectivity index (χ2n) is 11.3. The molecule has 1 aliphatic rings. The van der Waals surface area contributed by atoms with Crippen LogP contribution in [0.4, 0.5) is 4.79 Å². The van der Waals surface area contributed by atoms with E-state index in [0.29, 0.717) is 0 Å². The van der Waals surface area contributed by atoms with Gasteiger partial charge in [-0.25, -0.2) is 4.79 Å². The first-order valence-electron chi connectivity index (χ1n) is 14.8. The number of carboxylic acids is 1. The summed E-state index contributed by atoms with van der Waals surface area (Å²) in [5, 5.41) is 19.0. The van der Waals surface area contributed by atoms with E-state index >= 15 is 0 Å². The third-order valence-corrected chi connectivity index (χ3v) is 7.43. The van der Waals surface area contributed by atoms with Gasteiger partial charge in [0.25, 0.3) is 0 Å². The minimum atomic E-state index is -1.22. The molecule has 0 bridgehead atoms. The molecule has 45 heavy (non-hydrogen) atoms. The normalized spacial score (nSPS) is 13.1. The van der Waals surface area contributed by atoms with E-state index in [1.807, 2.05) is 68.4 Å². The van der Waals surface area contributed by atoms with E-state index in [4.69, 9.17) is 9.84 Å². The molecule has 0 spiro atoms. The smallest absolute Gasteiger partial charge is 0.407 e. The second-order valence-corrected chi connectivity index (χ2v) is 11.3. The first-order valence-corrected chi connectivity index (χ1v) is 14.8. The number of benzene rings is 3. The maximum absolute atomic E-state index is 13.3. The predicted molar refractivity (Wildman–Crippen MR) is 167 cm³/mol. The van der Waals surface area contributed by atoms with Gasteiger partial charge in [-0.3, -0.25) is 19.2 Å². The van der Waals surface area contributed by atoms with Crippen molar-refractivity contribution in [2.45, 2.75) is 44.7 Å². The zero-order valence-corrected chi connectivity index (χ0v) is 25.2. The summed E-state index contributed by atoms with van der Waals surface area (Å²) < 4.78 is 5.49. The lowest BCUT2D eigenvalue weighted by atomic mass is 9.98. The molecular weight excluding hydrogens is 576 g/mol. The third-order valence-electron chi connectivity index (χ3n) is 7.43. The van der Waals surface area contributed by atoms with E-state index in [2.05, 4.69) is 21.3 Å². The van der Waals surface area contributed by atoms with Gasteiger partial charge in [-0.1, -0.05) is 92.7 Å². The number of ether oxygens (including phenoxy) is 1. The van der Waals surface area contributed by atoms with Gasteiger partial charge in [-0.2, -0.15) is 0 Å². The van der Waals surface area contributed by atoms with Crippen molar-refractivity contribution in [1.82, 2.24) is 21.3 Å². The number of carbonyl (C=O) groups is 5. The first kappa shape index (κ1) is 32.7. The van der Waals surface area contributed by atoms with Gasteiger partial charge in [-0.15, -0.1) is 0 Å². The van der Waals surface area contributed by atoms with Crippen LogP contribution in [0.2, 0.25) is 0 Å². The molecule has 3 aromatic carbocycles. The van der Waals surface area contributed by atoms with Crippen LogP contribution in [-0.2, 0) is 30.3 Å². The molecule has 0 aliphatic heterocycles. The Bertz CT molecular complexity index is 1480. The van der Waals surface area contributed by atoms with E-state index in [1.165, 1.54) is 0 Å². The largest absolute Gasteiger partial charge is 0.480 e. The second kappa shape index (κ2) is 15.5. The molecule has 236 valence electrons. The Balaban J connectivity index is 1.33. The summed E-state index contributed by atoms with van der Waals surface area (Å²) in [4.78, 5) is 62.4. The van der Waals surface area contributed by atoms with Gasteiger partial charge in [0.1, 0.15) is 31.8 Å². The molecule has 4 rings (SSSR count). The van der Waals surface area contributed by atoms with E-state index in [0.717, 1.165) is 27.8 Å². The van der Waals surface area contributed by atoms with Crippen LogP contribution in [0.1, 0.15) is 42.9 Å². The van der Waals surface area contributed by atoms with Crippen LogP contribution in [0.25, 0.3) is 11.1 Å². The van der Waals surface area contributed by atoms with Crippen LogP contribution >= 0.6 is 0 Å². The number of rotatable bonds is 14. The Labute approximate surface area is 261 Å². The summed E-state index contributed by atoms with van der Waals surface area (Å²) >= 11 is 0. The van der Waals surface area contributed by atoms with Gasteiger partial charge in [0.15, 0.2) is 0 Å². The first-order chi connectivity index (χ1) is 21.6. The molecule has 0 saturated heterocycles. The standard InChI is InChI=1S/C34H38N4O7/c1-21(2)16-28(33(43)38-29(32(42)35-19-31(40)41)17-22-10-4-3-5-11-22)37-30(39)18-36-34(44)45-20-27-25-14-8-6-12-23(25)24-13-7-9-15-26(24)27/h3-15,21,27-29H,16-20H2,1-2H3,(H,35,42)(H,36,44)(H,37,39)(H,38,43)(H,40,41)/t28-,29-/m0/s1. The van der Waals surface area contributed by atoms with Crippen LogP contribution in [0.15, 0.2) is 78.9 Å². The van der Waals surface area contributed by atoms with Crippen molar-refractivity contribution in [1.29, 1.82) is 0 Å². The van der Waals surface area contributed by atoms with Gasteiger partial charge in [0.05, 0.1) is 0 Å². The number of hydrogen-bond donors (Lipinski definition) is 5. The highest BCUT2D eigenvalue weighted by molar-refractivity contribution is 5.93. The molecule has 0 aromatic heterocycles. The monoisotopic (exact) mass is 614 g/mol. The number of fused-ring (bicyclic) bond motifs is 3. The van der Waals surface area contributed by atoms with Crippen molar-refractivity contribution < 1.29 is 33.8 Å². The maximum atomic E-state index is 13.3. The third kappa shape index (κ3) is 9.15. The van der Waals surface area contributed by atoms with Crippen molar-refractivity contribution >= 4 is 29.8 Å². The zero-order valence-electron chi connectivity index (χ0n) is 25.2. The number of carboxylic acid groups (broad SMARTS) is 1. The van der Waals surface area contributed by atoms with Gasteiger partial charge in [0.2, 0.25) is 17.7 Å². The van der Waals surface area contributed by atoms with Crippen molar-refractivity contribution in [3.8, 4) is 11.1 Å². The number of amides is 4. The highest BCUT2D eigenvalue weighted by Crippen LogP contribution is 2.44. The zero-order chi connectivity index (χ0) is 32.3. The van der Waals surface area contributed by atoms with Gasteiger partial charge in [-0.05, 0) is 40.2 Å². The molecule has 0 fully saturated rings. The highest BCUT2D eigenvalue weighted by atomic mass is 16.5. The number of hydrogen-bond acceptors (Lipinski definition) is 6. The fourth-order valence-corrected chi connectivity index (χ4v) is 5.37. The molecule has 11 heteroatoms. The lowest BCUT2D eigenvalue weighted by Gasteiger charge is -2.24. The lowest BCUT2D eigenvalue weighted by molar-refractivity contribution is -0.138. The molecule has 0 unspecified atom stereocenters. The van der Waals surface area contributed by atoms with Crippen LogP contribution < -0.4 is 21.3 Å². The Morgan fingerprint density at radius 3 is 1.93 bits per heavy atom. The SMILES string of the molecule is CC(C)C[C@H](NC(=O)CNC(=O)OCC1c2ccccc2-c2ccccc21)C(=O)N[C@@H](Cc1ccccc1)C(=O)NCC(=O)O. The maximum Gasteiger partial charge on any atom is 0.407 e. The summed E-state index contributed by atoms with van der Waals surface area (Å²) in [6, 6.07) is 22.8. The van der Waals surface area contributed by atoms with E-state index < -0.39 is 55.0 Å². The van der Waals surface area contributed by atoms with Gasteiger partial charge >= 0.3 is 12.1 Å². The highest BCUT2D eigenvalue weighted by Gasteiger charge is 2.30. The molecule has 3 aromatic rings. The van der Waals surface area contributed by atoms with Gasteiger partial charge in [0, 0.05) is 12.3 Å². The average Bonchev–Trinajstić information content (AvgIpc) is 3.34. The Morgan fingerprint density at radius 2 is 1.33 bits per heavy atom. The average molecular weight is 615 g/mol. The van der Waals surface area contributed by atoms with Crippen LogP contribution in [0.3, 0.4) is 0 Å². The molecule has 0 saturated carbocycles. The van der Waals surface area contributed by atoms with Crippen molar-refractivity contribution in [3.05, 3.63) is 95.6 Å². The molecule has 1 aliphatic carbocycles. The molecule has 0 radical (unpaired) electrons. The fourth-order valence-electron chi connectivity index (χ4n) is 5.37. The molecule has 0 heterocycles. The number of aliphatic carboxylic acids is 1. The van der Waals surface area contributed by atoms with Crippen LogP contribution in [0, 0.1) is 5.92 Å². The molecule has 2 atom stereocenters. The lowest BCUT2D eigenvalue weighted by Crippen LogP contribution is -2.56. The summed E-state index contributed by atoms with van der Waals surface area (Å²) in [5.74, 6) is -3.23. The summed E-state index contributed by atoms with van der Waals surface area (Å²) in [6.45, 7) is 2.82. The predicted octanol–water partition coefficient (Wildman–Crippen LogP) is 2.98. The Kier molecular flexibility index (Phi) is 11.3. The molecular formula is C34H38N4O7. The minimum absolute atomic E-state index is 0.00421. The van der Waals surface area contributed by atoms with Gasteiger partial charge < -0.3 is 31.1 Å². The number of nitrogens with one attached hydrogen (secondary N) is 4. The van der Waals surface area contributed by atoms with E-state index in [1.54, 1.807) is 24.3 Å². The summed E-state index contributed by atoms with van der Waals surface area (Å²) in [5.41, 5.74) is 5.08. The van der Waals surface area contributed by atoms with E-state index in [9.17, 15) is 24.0 Å². The van der Waals surface area contributed by atoms with Crippen molar-refractivity contribution in [2.24, 2.45) is 5.92 Å². The van der Waals surface area contributed by atoms with Crippen LogP contribution in [-0.4, -0.2) is 66.7 Å². The van der Waals surface area contributed by atoms with E-state index in [-0.39, 0.29) is 31.3 Å². The number of carbonyl (C=O) groups excluding carboxylic acids is 4. The summed E-state index contributed by atoms with van der Waals surface area (Å²) in [6.07, 6.45) is -0.393. The number of alkyl carbamates (subject to hydrolysis) is 1. The topological polar surface area (TPSA) is 163 Å². The van der Waals surface area contributed by atoms with Crippen LogP contribution in [0.5, 0.6) is 0 Å².